The SMILES string of the molecule is CCCn1ccc2ccc(NC(=O)C3CCCN3)cc21. The third kappa shape index (κ3) is 2.56. The number of anilines is 1. The summed E-state index contributed by atoms with van der Waals surface area (Å²) >= 11 is 0. The topological polar surface area (TPSA) is 46.1 Å². The van der Waals surface area contributed by atoms with Crippen molar-refractivity contribution in [2.45, 2.75) is 38.8 Å². The minimum absolute atomic E-state index is 0.0341. The van der Waals surface area contributed by atoms with Crippen LogP contribution in [0.2, 0.25) is 0 Å². The maximum atomic E-state index is 12.1. The molecule has 0 radical (unpaired) electrons. The second-order valence-electron chi connectivity index (χ2n) is 5.42. The highest BCUT2D eigenvalue weighted by atomic mass is 16.2. The number of carbonyl (C=O) groups excluding carboxylic acids is 1. The summed E-state index contributed by atoms with van der Waals surface area (Å²) < 4.78 is 2.23. The van der Waals surface area contributed by atoms with Crippen LogP contribution in [0.4, 0.5) is 5.69 Å². The number of carbonyl (C=O) groups is 1. The smallest absolute Gasteiger partial charge is 0.241 e. The lowest BCUT2D eigenvalue weighted by Gasteiger charge is -2.12. The van der Waals surface area contributed by atoms with Gasteiger partial charge in [-0.15, -0.1) is 0 Å². The Hall–Kier alpha value is -1.81. The summed E-state index contributed by atoms with van der Waals surface area (Å²) in [5.74, 6) is 0.0791. The third-order valence-electron chi connectivity index (χ3n) is 3.88. The Morgan fingerprint density at radius 1 is 1.45 bits per heavy atom. The number of hydrogen-bond donors (Lipinski definition) is 2. The minimum atomic E-state index is -0.0341. The molecule has 106 valence electrons. The predicted octanol–water partition coefficient (Wildman–Crippen LogP) is 2.74. The Balaban J connectivity index is 1.80. The van der Waals surface area contributed by atoms with Crippen molar-refractivity contribution in [3.05, 3.63) is 30.5 Å². The van der Waals surface area contributed by atoms with Crippen LogP contribution in [0.3, 0.4) is 0 Å². The van der Waals surface area contributed by atoms with E-state index in [9.17, 15) is 4.79 Å². The molecule has 1 saturated heterocycles. The van der Waals surface area contributed by atoms with Gasteiger partial charge in [0.2, 0.25) is 5.91 Å². The van der Waals surface area contributed by atoms with E-state index in [0.29, 0.717) is 0 Å². The van der Waals surface area contributed by atoms with Crippen LogP contribution in [0.1, 0.15) is 26.2 Å². The fraction of sp³-hybridized carbons (Fsp3) is 0.438. The third-order valence-corrected chi connectivity index (χ3v) is 3.88. The lowest BCUT2D eigenvalue weighted by molar-refractivity contribution is -0.117. The van der Waals surface area contributed by atoms with Crippen molar-refractivity contribution in [1.29, 1.82) is 0 Å². The summed E-state index contributed by atoms with van der Waals surface area (Å²) in [5, 5.41) is 7.46. The first-order valence-corrected chi connectivity index (χ1v) is 7.41. The molecule has 1 aliphatic rings. The molecule has 2 N–H and O–H groups in total. The first kappa shape index (κ1) is 13.2. The van der Waals surface area contributed by atoms with Crippen molar-refractivity contribution in [3.63, 3.8) is 0 Å². The predicted molar refractivity (Wildman–Crippen MR) is 81.9 cm³/mol. The first-order chi connectivity index (χ1) is 9.78. The highest BCUT2D eigenvalue weighted by molar-refractivity contribution is 5.97. The molecule has 2 aromatic rings. The summed E-state index contributed by atoms with van der Waals surface area (Å²) in [6, 6.07) is 8.20. The molecule has 0 bridgehead atoms. The number of nitrogens with one attached hydrogen (secondary N) is 2. The number of benzene rings is 1. The molecule has 1 aromatic heterocycles. The van der Waals surface area contributed by atoms with E-state index >= 15 is 0 Å². The normalized spacial score (nSPS) is 18.6. The molecular weight excluding hydrogens is 250 g/mol. The van der Waals surface area contributed by atoms with Gasteiger partial charge in [0.15, 0.2) is 0 Å². The van der Waals surface area contributed by atoms with Gasteiger partial charge in [0.1, 0.15) is 0 Å². The fourth-order valence-corrected chi connectivity index (χ4v) is 2.84. The fourth-order valence-electron chi connectivity index (χ4n) is 2.84. The Kier molecular flexibility index (Phi) is 3.74. The monoisotopic (exact) mass is 271 g/mol. The van der Waals surface area contributed by atoms with Crippen LogP contribution >= 0.6 is 0 Å². The van der Waals surface area contributed by atoms with Crippen molar-refractivity contribution in [2.75, 3.05) is 11.9 Å². The molecule has 0 aliphatic carbocycles. The van der Waals surface area contributed by atoms with Crippen molar-refractivity contribution in [3.8, 4) is 0 Å². The molecular formula is C16H21N3O. The highest BCUT2D eigenvalue weighted by Crippen LogP contribution is 2.21. The number of hydrogen-bond acceptors (Lipinski definition) is 2. The van der Waals surface area contributed by atoms with Gasteiger partial charge < -0.3 is 15.2 Å². The summed E-state index contributed by atoms with van der Waals surface area (Å²) in [6.07, 6.45) is 5.22. The molecule has 1 amide bonds. The van der Waals surface area contributed by atoms with Crippen LogP contribution in [-0.2, 0) is 11.3 Å². The van der Waals surface area contributed by atoms with E-state index in [4.69, 9.17) is 0 Å². The number of rotatable bonds is 4. The van der Waals surface area contributed by atoms with Crippen LogP contribution in [0.15, 0.2) is 30.5 Å². The molecule has 1 aliphatic heterocycles. The zero-order chi connectivity index (χ0) is 13.9. The molecule has 1 fully saturated rings. The number of aryl methyl sites for hydroxylation is 1. The summed E-state index contributed by atoms with van der Waals surface area (Å²) in [7, 11) is 0. The van der Waals surface area contributed by atoms with Gasteiger partial charge in [-0.25, -0.2) is 0 Å². The van der Waals surface area contributed by atoms with Crippen LogP contribution in [0.5, 0.6) is 0 Å². The van der Waals surface area contributed by atoms with Crippen molar-refractivity contribution < 1.29 is 4.79 Å². The van der Waals surface area contributed by atoms with Gasteiger partial charge in [-0.05, 0) is 49.4 Å². The van der Waals surface area contributed by atoms with E-state index in [2.05, 4.69) is 46.5 Å². The average molecular weight is 271 g/mol. The van der Waals surface area contributed by atoms with Crippen LogP contribution < -0.4 is 10.6 Å². The quantitative estimate of drug-likeness (QED) is 0.898. The molecule has 1 unspecified atom stereocenters. The Labute approximate surface area is 119 Å². The van der Waals surface area contributed by atoms with E-state index < -0.39 is 0 Å². The summed E-state index contributed by atoms with van der Waals surface area (Å²) in [4.78, 5) is 12.1. The van der Waals surface area contributed by atoms with Gasteiger partial charge >= 0.3 is 0 Å². The lowest BCUT2D eigenvalue weighted by atomic mass is 10.2. The van der Waals surface area contributed by atoms with E-state index in [-0.39, 0.29) is 11.9 Å². The number of fused-ring (bicyclic) bond motifs is 1. The van der Waals surface area contributed by atoms with Gasteiger partial charge in [-0.2, -0.15) is 0 Å². The number of nitrogens with zero attached hydrogens (tertiary/aromatic N) is 1. The molecule has 1 atom stereocenters. The van der Waals surface area contributed by atoms with E-state index in [1.54, 1.807) is 0 Å². The van der Waals surface area contributed by atoms with Gasteiger partial charge in [0.25, 0.3) is 0 Å². The standard InChI is InChI=1S/C16H21N3O/c1-2-9-19-10-7-12-5-6-13(11-15(12)19)18-16(20)14-4-3-8-17-14/h5-7,10-11,14,17H,2-4,8-9H2,1H3,(H,18,20). The first-order valence-electron chi connectivity index (χ1n) is 7.41. The molecule has 2 heterocycles. The molecule has 0 spiro atoms. The molecule has 20 heavy (non-hydrogen) atoms. The second kappa shape index (κ2) is 5.67. The van der Waals surface area contributed by atoms with Crippen molar-refractivity contribution in [1.82, 2.24) is 9.88 Å². The molecule has 4 nitrogen and oxygen atoms in total. The van der Waals surface area contributed by atoms with E-state index in [0.717, 1.165) is 38.0 Å². The van der Waals surface area contributed by atoms with Gasteiger partial charge in [0, 0.05) is 18.4 Å². The summed E-state index contributed by atoms with van der Waals surface area (Å²) in [6.45, 7) is 4.12. The van der Waals surface area contributed by atoms with E-state index in [1.165, 1.54) is 10.9 Å². The lowest BCUT2D eigenvalue weighted by Crippen LogP contribution is -2.35. The molecule has 3 rings (SSSR count). The van der Waals surface area contributed by atoms with Crippen LogP contribution in [0.25, 0.3) is 10.9 Å². The van der Waals surface area contributed by atoms with Crippen molar-refractivity contribution in [2.24, 2.45) is 0 Å². The maximum absolute atomic E-state index is 12.1. The van der Waals surface area contributed by atoms with Crippen LogP contribution in [0, 0.1) is 0 Å². The minimum Gasteiger partial charge on any atom is -0.347 e. The zero-order valence-corrected chi connectivity index (χ0v) is 11.9. The van der Waals surface area contributed by atoms with E-state index in [1.807, 2.05) is 6.07 Å². The number of amides is 1. The number of aromatic nitrogens is 1. The second-order valence-corrected chi connectivity index (χ2v) is 5.42. The largest absolute Gasteiger partial charge is 0.347 e. The van der Waals surface area contributed by atoms with Gasteiger partial charge in [-0.3, -0.25) is 4.79 Å². The van der Waals surface area contributed by atoms with Gasteiger partial charge in [0.05, 0.1) is 11.6 Å². The zero-order valence-electron chi connectivity index (χ0n) is 11.9. The molecule has 4 heteroatoms. The maximum Gasteiger partial charge on any atom is 0.241 e. The average Bonchev–Trinajstić information content (AvgIpc) is 3.09. The Morgan fingerprint density at radius 2 is 2.35 bits per heavy atom. The Morgan fingerprint density at radius 3 is 3.10 bits per heavy atom. The Bertz CT molecular complexity index is 611. The molecule has 0 saturated carbocycles. The highest BCUT2D eigenvalue weighted by Gasteiger charge is 2.21. The summed E-state index contributed by atoms with van der Waals surface area (Å²) in [5.41, 5.74) is 2.07. The van der Waals surface area contributed by atoms with Gasteiger partial charge in [-0.1, -0.05) is 13.0 Å². The van der Waals surface area contributed by atoms with Crippen LogP contribution in [-0.4, -0.2) is 23.1 Å². The molecule has 1 aromatic carbocycles. The van der Waals surface area contributed by atoms with Crippen molar-refractivity contribution >= 4 is 22.5 Å².